The number of carbonyl (C=O) groups is 2. The van der Waals surface area contributed by atoms with Gasteiger partial charge in [-0.05, 0) is 67.7 Å². The minimum atomic E-state index is -0.357. The summed E-state index contributed by atoms with van der Waals surface area (Å²) in [5.74, 6) is -0.233. The molecule has 4 rings (SSSR count). The molecule has 6 nitrogen and oxygen atoms in total. The van der Waals surface area contributed by atoms with Gasteiger partial charge >= 0.3 is 0 Å². The molecule has 1 aliphatic carbocycles. The van der Waals surface area contributed by atoms with Gasteiger partial charge in [-0.15, -0.1) is 6.58 Å². The minimum Gasteiger partial charge on any atom is -0.351 e. The fourth-order valence-electron chi connectivity index (χ4n) is 5.19. The summed E-state index contributed by atoms with van der Waals surface area (Å²) in [6.07, 6.45) is 9.11. The van der Waals surface area contributed by atoms with Crippen molar-refractivity contribution in [3.63, 3.8) is 0 Å². The molecule has 1 fully saturated rings. The van der Waals surface area contributed by atoms with Crippen LogP contribution in [0, 0.1) is 17.2 Å². The van der Waals surface area contributed by atoms with E-state index in [1.165, 1.54) is 17.4 Å². The number of benzene rings is 1. The van der Waals surface area contributed by atoms with Crippen molar-refractivity contribution < 1.29 is 14.0 Å². The lowest BCUT2D eigenvalue weighted by molar-refractivity contribution is 0.0777. The number of nitrogens with zero attached hydrogens (tertiary/aromatic N) is 3. The summed E-state index contributed by atoms with van der Waals surface area (Å²) in [7, 11) is 1.61. The first-order valence-corrected chi connectivity index (χ1v) is 12.2. The van der Waals surface area contributed by atoms with Gasteiger partial charge in [0.2, 0.25) is 0 Å². The number of hydrogen-bond acceptors (Lipinski definition) is 3. The molecule has 2 aromatic heterocycles. The van der Waals surface area contributed by atoms with E-state index in [9.17, 15) is 14.0 Å². The number of aromatic nitrogens is 2. The maximum atomic E-state index is 14.0. The van der Waals surface area contributed by atoms with E-state index in [0.717, 1.165) is 25.7 Å². The topological polar surface area (TPSA) is 66.7 Å². The molecule has 35 heavy (non-hydrogen) atoms. The van der Waals surface area contributed by atoms with Crippen LogP contribution in [0.15, 0.2) is 61.3 Å². The molecule has 1 aromatic carbocycles. The van der Waals surface area contributed by atoms with Crippen molar-refractivity contribution in [1.29, 1.82) is 0 Å². The zero-order valence-corrected chi connectivity index (χ0v) is 20.5. The van der Waals surface area contributed by atoms with E-state index < -0.39 is 0 Å². The molecule has 1 saturated carbocycles. The van der Waals surface area contributed by atoms with E-state index in [0.29, 0.717) is 29.1 Å². The largest absolute Gasteiger partial charge is 0.351 e. The number of fused-ring (bicyclic) bond motifs is 1. The highest BCUT2D eigenvalue weighted by molar-refractivity contribution is 6.02. The zero-order valence-electron chi connectivity index (χ0n) is 20.5. The van der Waals surface area contributed by atoms with Crippen LogP contribution in [-0.4, -0.2) is 39.9 Å². The van der Waals surface area contributed by atoms with Crippen LogP contribution in [0.5, 0.6) is 0 Å². The molecule has 0 bridgehead atoms. The molecular weight excluding hydrogens is 443 g/mol. The van der Waals surface area contributed by atoms with E-state index in [1.54, 1.807) is 54.2 Å². The lowest BCUT2D eigenvalue weighted by Gasteiger charge is -2.28. The quantitative estimate of drug-likeness (QED) is 0.429. The molecule has 2 heterocycles. The van der Waals surface area contributed by atoms with E-state index in [2.05, 4.69) is 23.9 Å². The number of nitrogens with one attached hydrogen (secondary N) is 1. The zero-order chi connectivity index (χ0) is 25.0. The molecule has 2 amide bonds. The fraction of sp³-hybridized carbons (Fsp3) is 0.393. The van der Waals surface area contributed by atoms with Gasteiger partial charge in [-0.1, -0.05) is 31.2 Å². The van der Waals surface area contributed by atoms with Crippen LogP contribution in [0.4, 0.5) is 4.39 Å². The Kier molecular flexibility index (Phi) is 7.34. The third kappa shape index (κ3) is 5.29. The Labute approximate surface area is 205 Å². The first-order valence-electron chi connectivity index (χ1n) is 12.2. The third-order valence-electron chi connectivity index (χ3n) is 7.36. The number of hydrogen-bond donors (Lipinski definition) is 1. The monoisotopic (exact) mass is 476 g/mol. The van der Waals surface area contributed by atoms with Crippen LogP contribution in [0.3, 0.4) is 0 Å². The fourth-order valence-corrected chi connectivity index (χ4v) is 5.19. The second-order valence-corrected chi connectivity index (χ2v) is 9.70. The number of amides is 2. The summed E-state index contributed by atoms with van der Waals surface area (Å²) in [4.78, 5) is 27.6. The summed E-state index contributed by atoms with van der Waals surface area (Å²) in [6.45, 7) is 6.81. The average Bonchev–Trinajstić information content (AvgIpc) is 3.48. The predicted octanol–water partition coefficient (Wildman–Crippen LogP) is 5.25. The number of rotatable bonds is 9. The van der Waals surface area contributed by atoms with Gasteiger partial charge in [-0.3, -0.25) is 9.59 Å². The Morgan fingerprint density at radius 2 is 2.11 bits per heavy atom. The second kappa shape index (κ2) is 10.4. The molecule has 184 valence electrons. The maximum Gasteiger partial charge on any atom is 0.274 e. The highest BCUT2D eigenvalue weighted by atomic mass is 19.1. The third-order valence-corrected chi connectivity index (χ3v) is 7.36. The van der Waals surface area contributed by atoms with Crippen molar-refractivity contribution in [3.8, 4) is 0 Å². The van der Waals surface area contributed by atoms with E-state index in [-0.39, 0.29) is 35.3 Å². The van der Waals surface area contributed by atoms with Gasteiger partial charge < -0.3 is 10.2 Å². The molecule has 0 spiro atoms. The van der Waals surface area contributed by atoms with Crippen molar-refractivity contribution >= 4 is 17.3 Å². The van der Waals surface area contributed by atoms with Gasteiger partial charge in [0.15, 0.2) is 5.69 Å². The SMILES string of the molecule is C=CCC1CCC(CC)(CNC(=O)c2cccn3nc(C(=O)N(C)Cc4ccccc4F)cc23)C1. The van der Waals surface area contributed by atoms with Gasteiger partial charge in [-0.25, -0.2) is 8.91 Å². The van der Waals surface area contributed by atoms with Gasteiger partial charge in [0.1, 0.15) is 5.82 Å². The Morgan fingerprint density at radius 3 is 2.86 bits per heavy atom. The van der Waals surface area contributed by atoms with Crippen LogP contribution in [0.2, 0.25) is 0 Å². The molecule has 2 atom stereocenters. The van der Waals surface area contributed by atoms with Crippen molar-refractivity contribution in [2.75, 3.05) is 13.6 Å². The number of allylic oxidation sites excluding steroid dienone is 1. The summed E-state index contributed by atoms with van der Waals surface area (Å²) >= 11 is 0. The molecule has 1 aliphatic rings. The van der Waals surface area contributed by atoms with E-state index >= 15 is 0 Å². The van der Waals surface area contributed by atoms with Crippen molar-refractivity contribution in [2.45, 2.75) is 45.6 Å². The predicted molar refractivity (Wildman–Crippen MR) is 135 cm³/mol. The lowest BCUT2D eigenvalue weighted by atomic mass is 9.82. The molecule has 0 saturated heterocycles. The number of pyridine rings is 1. The van der Waals surface area contributed by atoms with Gasteiger partial charge in [0.25, 0.3) is 11.8 Å². The summed E-state index contributed by atoms with van der Waals surface area (Å²) < 4.78 is 15.6. The molecule has 0 aliphatic heterocycles. The molecule has 1 N–H and O–H groups in total. The molecule has 3 aromatic rings. The lowest BCUT2D eigenvalue weighted by Crippen LogP contribution is -2.36. The van der Waals surface area contributed by atoms with Crippen LogP contribution in [-0.2, 0) is 6.54 Å². The second-order valence-electron chi connectivity index (χ2n) is 9.70. The van der Waals surface area contributed by atoms with Crippen LogP contribution >= 0.6 is 0 Å². The van der Waals surface area contributed by atoms with Crippen LogP contribution in [0.1, 0.15) is 65.4 Å². The highest BCUT2D eigenvalue weighted by Gasteiger charge is 2.37. The first-order chi connectivity index (χ1) is 16.9. The Balaban J connectivity index is 1.48. The highest BCUT2D eigenvalue weighted by Crippen LogP contribution is 2.45. The number of halogens is 1. The molecule has 0 radical (unpaired) electrons. The standard InChI is InChI=1S/C28H33FN4O2/c1-4-9-20-13-14-28(5-2,17-20)19-30-26(34)22-11-8-15-33-25(22)16-24(31-33)27(35)32(3)18-21-10-6-7-12-23(21)29/h4,6-8,10-12,15-16,20H,1,5,9,13-14,17-19H2,2-3H3,(H,30,34). The molecular formula is C28H33FN4O2. The Bertz CT molecular complexity index is 1240. The summed E-state index contributed by atoms with van der Waals surface area (Å²) in [5, 5.41) is 7.53. The summed E-state index contributed by atoms with van der Waals surface area (Å²) in [5.41, 5.74) is 1.79. The Morgan fingerprint density at radius 1 is 1.31 bits per heavy atom. The van der Waals surface area contributed by atoms with Crippen molar-refractivity contribution in [1.82, 2.24) is 19.8 Å². The van der Waals surface area contributed by atoms with Crippen LogP contribution in [0.25, 0.3) is 5.52 Å². The van der Waals surface area contributed by atoms with Gasteiger partial charge in [0, 0.05) is 31.9 Å². The molecule has 7 heteroatoms. The minimum absolute atomic E-state index is 0.116. The van der Waals surface area contributed by atoms with Gasteiger partial charge in [-0.2, -0.15) is 5.10 Å². The van der Waals surface area contributed by atoms with Crippen LogP contribution < -0.4 is 5.32 Å². The molecule has 2 unspecified atom stereocenters. The smallest absolute Gasteiger partial charge is 0.274 e. The summed E-state index contributed by atoms with van der Waals surface area (Å²) in [6, 6.07) is 11.5. The van der Waals surface area contributed by atoms with E-state index in [1.807, 2.05) is 6.08 Å². The van der Waals surface area contributed by atoms with Crippen molar-refractivity contribution in [2.24, 2.45) is 11.3 Å². The van der Waals surface area contributed by atoms with E-state index in [4.69, 9.17) is 0 Å². The Hall–Kier alpha value is -3.48. The average molecular weight is 477 g/mol. The maximum absolute atomic E-state index is 14.0. The number of carbonyl (C=O) groups excluding carboxylic acids is 2. The first kappa shape index (κ1) is 24.6. The van der Waals surface area contributed by atoms with Crippen molar-refractivity contribution in [3.05, 3.63) is 84.0 Å². The van der Waals surface area contributed by atoms with Gasteiger partial charge in [0.05, 0.1) is 11.1 Å². The normalized spacial score (nSPS) is 19.6.